The van der Waals surface area contributed by atoms with E-state index in [0.717, 1.165) is 38.5 Å². The van der Waals surface area contributed by atoms with E-state index in [9.17, 15) is 9.59 Å². The first-order chi connectivity index (χ1) is 15.7. The second-order valence-corrected chi connectivity index (χ2v) is 7.99. The van der Waals surface area contributed by atoms with Crippen LogP contribution < -0.4 is 0 Å². The standard InChI is InChI=1S/C27H19N3O2/c31-26-21-10-3-4-11-22(21)27(32)30(26)14-13-20-19-9-5-6-12-24(19)29-25(20)23-16-28-15-17-7-1-2-8-18(17)23/h1-12,15-16,29H,13-14H2. The predicted molar refractivity (Wildman–Crippen MR) is 125 cm³/mol. The Morgan fingerprint density at radius 3 is 2.16 bits per heavy atom. The van der Waals surface area contributed by atoms with Gasteiger partial charge in [0, 0.05) is 40.8 Å². The highest BCUT2D eigenvalue weighted by Gasteiger charge is 2.35. The first-order valence-corrected chi connectivity index (χ1v) is 10.6. The highest BCUT2D eigenvalue weighted by Crippen LogP contribution is 2.35. The van der Waals surface area contributed by atoms with Crippen molar-refractivity contribution in [1.82, 2.24) is 14.9 Å². The summed E-state index contributed by atoms with van der Waals surface area (Å²) in [5.41, 5.74) is 5.05. The second kappa shape index (κ2) is 7.17. The molecule has 0 fully saturated rings. The maximum Gasteiger partial charge on any atom is 0.261 e. The molecule has 0 radical (unpaired) electrons. The maximum absolute atomic E-state index is 12.8. The minimum Gasteiger partial charge on any atom is -0.354 e. The van der Waals surface area contributed by atoms with E-state index >= 15 is 0 Å². The lowest BCUT2D eigenvalue weighted by molar-refractivity contribution is 0.0656. The number of aromatic nitrogens is 2. The molecule has 5 aromatic rings. The van der Waals surface area contributed by atoms with Crippen LogP contribution in [-0.2, 0) is 6.42 Å². The number of benzene rings is 3. The van der Waals surface area contributed by atoms with Gasteiger partial charge in [-0.15, -0.1) is 0 Å². The van der Waals surface area contributed by atoms with Crippen molar-refractivity contribution in [3.63, 3.8) is 0 Å². The normalized spacial score (nSPS) is 13.3. The molecule has 0 atom stereocenters. The van der Waals surface area contributed by atoms with Gasteiger partial charge in [-0.25, -0.2) is 0 Å². The van der Waals surface area contributed by atoms with Crippen molar-refractivity contribution in [3.05, 3.63) is 102 Å². The molecule has 6 rings (SSSR count). The fourth-order valence-corrected chi connectivity index (χ4v) is 4.67. The van der Waals surface area contributed by atoms with E-state index in [0.29, 0.717) is 24.1 Å². The number of hydrogen-bond donors (Lipinski definition) is 1. The average Bonchev–Trinajstić information content (AvgIpc) is 3.32. The van der Waals surface area contributed by atoms with E-state index in [1.165, 1.54) is 4.90 Å². The zero-order chi connectivity index (χ0) is 21.7. The highest BCUT2D eigenvalue weighted by molar-refractivity contribution is 6.21. The quantitative estimate of drug-likeness (QED) is 0.408. The average molecular weight is 417 g/mol. The van der Waals surface area contributed by atoms with Gasteiger partial charge in [0.25, 0.3) is 11.8 Å². The molecular formula is C27H19N3O2. The Labute approximate surface area is 184 Å². The molecule has 0 unspecified atom stereocenters. The molecule has 5 heteroatoms. The zero-order valence-corrected chi connectivity index (χ0v) is 17.2. The molecule has 5 nitrogen and oxygen atoms in total. The van der Waals surface area contributed by atoms with Gasteiger partial charge in [-0.1, -0.05) is 54.6 Å². The number of nitrogens with zero attached hydrogens (tertiary/aromatic N) is 2. The van der Waals surface area contributed by atoms with Crippen LogP contribution in [0.15, 0.2) is 85.2 Å². The number of carbonyl (C=O) groups excluding carboxylic acids is 2. The SMILES string of the molecule is O=C1c2ccccc2C(=O)N1CCc1c(-c2cncc3ccccc23)[nH]c2ccccc12. The summed E-state index contributed by atoms with van der Waals surface area (Å²) in [6, 6.07) is 23.3. The summed E-state index contributed by atoms with van der Waals surface area (Å²) in [6.07, 6.45) is 4.28. The lowest BCUT2D eigenvalue weighted by Crippen LogP contribution is -2.31. The molecule has 0 aliphatic carbocycles. The van der Waals surface area contributed by atoms with Crippen LogP contribution in [0.1, 0.15) is 26.3 Å². The van der Waals surface area contributed by atoms with Gasteiger partial charge in [-0.2, -0.15) is 0 Å². The van der Waals surface area contributed by atoms with Gasteiger partial charge in [-0.3, -0.25) is 19.5 Å². The van der Waals surface area contributed by atoms with E-state index in [4.69, 9.17) is 0 Å². The van der Waals surface area contributed by atoms with Crippen molar-refractivity contribution in [1.29, 1.82) is 0 Å². The number of carbonyl (C=O) groups is 2. The maximum atomic E-state index is 12.8. The summed E-state index contributed by atoms with van der Waals surface area (Å²) in [4.78, 5) is 35.1. The van der Waals surface area contributed by atoms with E-state index in [1.54, 1.807) is 24.3 Å². The van der Waals surface area contributed by atoms with Crippen LogP contribution in [0.5, 0.6) is 0 Å². The van der Waals surface area contributed by atoms with Crippen LogP contribution in [0, 0.1) is 0 Å². The molecule has 0 saturated carbocycles. The number of pyridine rings is 1. The van der Waals surface area contributed by atoms with E-state index < -0.39 is 0 Å². The Kier molecular flexibility index (Phi) is 4.15. The molecule has 0 bridgehead atoms. The van der Waals surface area contributed by atoms with Crippen LogP contribution in [0.3, 0.4) is 0 Å². The monoisotopic (exact) mass is 417 g/mol. The topological polar surface area (TPSA) is 66.1 Å². The summed E-state index contributed by atoms with van der Waals surface area (Å²) < 4.78 is 0. The van der Waals surface area contributed by atoms with Crippen LogP contribution >= 0.6 is 0 Å². The van der Waals surface area contributed by atoms with Gasteiger partial charge < -0.3 is 4.98 Å². The summed E-state index contributed by atoms with van der Waals surface area (Å²) in [6.45, 7) is 0.319. The zero-order valence-electron chi connectivity index (χ0n) is 17.2. The molecule has 2 aromatic heterocycles. The Hall–Kier alpha value is -4.25. The first-order valence-electron chi connectivity index (χ1n) is 10.6. The number of hydrogen-bond acceptors (Lipinski definition) is 3. The van der Waals surface area contributed by atoms with E-state index in [1.807, 2.05) is 48.8 Å². The van der Waals surface area contributed by atoms with Crippen LogP contribution in [0.2, 0.25) is 0 Å². The van der Waals surface area contributed by atoms with Gasteiger partial charge in [0.1, 0.15) is 0 Å². The molecule has 32 heavy (non-hydrogen) atoms. The fourth-order valence-electron chi connectivity index (χ4n) is 4.67. The number of amides is 2. The summed E-state index contributed by atoms with van der Waals surface area (Å²) >= 11 is 0. The van der Waals surface area contributed by atoms with Crippen molar-refractivity contribution >= 4 is 33.5 Å². The number of imide groups is 1. The predicted octanol–water partition coefficient (Wildman–Crippen LogP) is 5.22. The number of para-hydroxylation sites is 1. The number of rotatable bonds is 4. The number of fused-ring (bicyclic) bond motifs is 3. The van der Waals surface area contributed by atoms with E-state index in [-0.39, 0.29) is 11.8 Å². The number of aromatic amines is 1. The lowest BCUT2D eigenvalue weighted by Gasteiger charge is -2.15. The minimum absolute atomic E-state index is 0.223. The largest absolute Gasteiger partial charge is 0.354 e. The van der Waals surface area contributed by atoms with Crippen molar-refractivity contribution in [2.24, 2.45) is 0 Å². The third-order valence-electron chi connectivity index (χ3n) is 6.21. The molecule has 1 aliphatic heterocycles. The molecule has 3 heterocycles. The van der Waals surface area contributed by atoms with Crippen molar-refractivity contribution in [3.8, 4) is 11.3 Å². The van der Waals surface area contributed by atoms with Crippen molar-refractivity contribution < 1.29 is 9.59 Å². The highest BCUT2D eigenvalue weighted by atomic mass is 16.2. The Morgan fingerprint density at radius 1 is 0.719 bits per heavy atom. The molecule has 0 saturated heterocycles. The molecule has 154 valence electrons. The summed E-state index contributed by atoms with van der Waals surface area (Å²) in [7, 11) is 0. The number of nitrogens with one attached hydrogen (secondary N) is 1. The van der Waals surface area contributed by atoms with E-state index in [2.05, 4.69) is 22.1 Å². The summed E-state index contributed by atoms with van der Waals surface area (Å²) in [5, 5.41) is 3.26. The van der Waals surface area contributed by atoms with Crippen LogP contribution in [0.4, 0.5) is 0 Å². The first kappa shape index (κ1) is 18.5. The van der Waals surface area contributed by atoms with Gasteiger partial charge in [0.15, 0.2) is 0 Å². The van der Waals surface area contributed by atoms with Crippen LogP contribution in [0.25, 0.3) is 32.9 Å². The van der Waals surface area contributed by atoms with Crippen LogP contribution in [-0.4, -0.2) is 33.2 Å². The Bertz CT molecular complexity index is 1490. The Morgan fingerprint density at radius 2 is 1.38 bits per heavy atom. The number of H-pyrrole nitrogens is 1. The summed E-state index contributed by atoms with van der Waals surface area (Å²) in [5.74, 6) is -0.447. The van der Waals surface area contributed by atoms with Gasteiger partial charge in [0.05, 0.1) is 16.8 Å². The van der Waals surface area contributed by atoms with Crippen molar-refractivity contribution in [2.75, 3.05) is 6.54 Å². The lowest BCUT2D eigenvalue weighted by atomic mass is 9.99. The van der Waals surface area contributed by atoms with Crippen molar-refractivity contribution in [2.45, 2.75) is 6.42 Å². The molecule has 3 aromatic carbocycles. The Balaban J connectivity index is 1.43. The molecule has 0 spiro atoms. The third-order valence-corrected chi connectivity index (χ3v) is 6.21. The molecular weight excluding hydrogens is 398 g/mol. The smallest absolute Gasteiger partial charge is 0.261 e. The van der Waals surface area contributed by atoms with Gasteiger partial charge >= 0.3 is 0 Å². The minimum atomic E-state index is -0.223. The molecule has 1 N–H and O–H groups in total. The molecule has 2 amide bonds. The third kappa shape index (κ3) is 2.75. The van der Waals surface area contributed by atoms with Gasteiger partial charge in [0.2, 0.25) is 0 Å². The second-order valence-electron chi connectivity index (χ2n) is 7.99. The fraction of sp³-hybridized carbons (Fsp3) is 0.0741. The molecule has 1 aliphatic rings. The van der Waals surface area contributed by atoms with Gasteiger partial charge in [-0.05, 0) is 35.6 Å².